The van der Waals surface area contributed by atoms with Gasteiger partial charge < -0.3 is 9.84 Å². The largest absolute Gasteiger partial charge is 0.491 e. The van der Waals surface area contributed by atoms with Crippen molar-refractivity contribution in [3.63, 3.8) is 0 Å². The highest BCUT2D eigenvalue weighted by Crippen LogP contribution is 2.29. The second kappa shape index (κ2) is 5.23. The van der Waals surface area contributed by atoms with Crippen LogP contribution in [0.4, 0.5) is 0 Å². The molecule has 1 heterocycles. The first kappa shape index (κ1) is 12.6. The van der Waals surface area contributed by atoms with E-state index in [-0.39, 0.29) is 5.69 Å². The first-order valence-corrected chi connectivity index (χ1v) is 5.96. The number of pyridine rings is 1. The van der Waals surface area contributed by atoms with Crippen LogP contribution in [0.5, 0.6) is 5.75 Å². The summed E-state index contributed by atoms with van der Waals surface area (Å²) >= 11 is 6.05. The van der Waals surface area contributed by atoms with Gasteiger partial charge in [0.25, 0.3) is 0 Å². The standard InChI is InChI=1S/C13H12ClNO3/c1-2-6-18-11-5-3-4-8-9(14)7-10(13(16)17)15-12(8)11/h3-5,7H,2,6H2,1H3,(H,16,17). The normalized spacial score (nSPS) is 10.6. The van der Waals surface area contributed by atoms with Crippen molar-refractivity contribution >= 4 is 28.5 Å². The van der Waals surface area contributed by atoms with E-state index in [9.17, 15) is 4.79 Å². The maximum absolute atomic E-state index is 11.0. The average molecular weight is 266 g/mol. The van der Waals surface area contributed by atoms with Crippen LogP contribution in [0.15, 0.2) is 24.3 Å². The minimum Gasteiger partial charge on any atom is -0.491 e. The third-order valence-electron chi connectivity index (χ3n) is 2.43. The molecule has 5 heteroatoms. The number of aromatic carboxylic acids is 1. The molecule has 4 nitrogen and oxygen atoms in total. The molecule has 1 aromatic carbocycles. The fourth-order valence-electron chi connectivity index (χ4n) is 1.62. The Hall–Kier alpha value is -1.81. The quantitative estimate of drug-likeness (QED) is 0.921. The molecule has 0 saturated carbocycles. The van der Waals surface area contributed by atoms with E-state index in [2.05, 4.69) is 4.98 Å². The SMILES string of the molecule is CCCOc1cccc2c(Cl)cc(C(=O)O)nc12. The maximum atomic E-state index is 11.0. The predicted molar refractivity (Wildman–Crippen MR) is 69.5 cm³/mol. The molecule has 1 aromatic heterocycles. The Morgan fingerprint density at radius 3 is 2.94 bits per heavy atom. The minimum atomic E-state index is -1.11. The predicted octanol–water partition coefficient (Wildman–Crippen LogP) is 3.38. The van der Waals surface area contributed by atoms with E-state index < -0.39 is 5.97 Å². The molecule has 0 unspecified atom stereocenters. The van der Waals surface area contributed by atoms with Gasteiger partial charge >= 0.3 is 5.97 Å². The first-order valence-electron chi connectivity index (χ1n) is 5.59. The molecule has 0 amide bonds. The molecule has 94 valence electrons. The molecule has 0 aliphatic carbocycles. The summed E-state index contributed by atoms with van der Waals surface area (Å²) in [7, 11) is 0. The summed E-state index contributed by atoms with van der Waals surface area (Å²) in [5.41, 5.74) is 0.399. The lowest BCUT2D eigenvalue weighted by molar-refractivity contribution is 0.0691. The van der Waals surface area contributed by atoms with Gasteiger partial charge in [0.2, 0.25) is 0 Å². The van der Waals surface area contributed by atoms with Gasteiger partial charge in [0.15, 0.2) is 5.69 Å². The zero-order chi connectivity index (χ0) is 13.1. The molecule has 0 spiro atoms. The number of hydrogen-bond donors (Lipinski definition) is 1. The molecule has 2 aromatic rings. The van der Waals surface area contributed by atoms with Crippen LogP contribution in [0.25, 0.3) is 10.9 Å². The van der Waals surface area contributed by atoms with Gasteiger partial charge in [-0.3, -0.25) is 0 Å². The highest BCUT2D eigenvalue weighted by molar-refractivity contribution is 6.35. The minimum absolute atomic E-state index is 0.0833. The summed E-state index contributed by atoms with van der Waals surface area (Å²) in [6, 6.07) is 6.69. The Morgan fingerprint density at radius 1 is 1.50 bits per heavy atom. The van der Waals surface area contributed by atoms with E-state index >= 15 is 0 Å². The summed E-state index contributed by atoms with van der Waals surface area (Å²) in [5, 5.41) is 10.0. The molecule has 18 heavy (non-hydrogen) atoms. The van der Waals surface area contributed by atoms with Crippen molar-refractivity contribution in [2.24, 2.45) is 0 Å². The number of nitrogens with zero attached hydrogens (tertiary/aromatic N) is 1. The number of ether oxygens (including phenoxy) is 1. The molecule has 0 bridgehead atoms. The van der Waals surface area contributed by atoms with E-state index in [0.717, 1.165) is 6.42 Å². The van der Waals surface area contributed by atoms with Crippen molar-refractivity contribution in [1.82, 2.24) is 4.98 Å². The number of hydrogen-bond acceptors (Lipinski definition) is 3. The van der Waals surface area contributed by atoms with Crippen molar-refractivity contribution < 1.29 is 14.6 Å². The van der Waals surface area contributed by atoms with Crippen molar-refractivity contribution in [2.75, 3.05) is 6.61 Å². The van der Waals surface area contributed by atoms with Gasteiger partial charge in [-0.2, -0.15) is 0 Å². The Morgan fingerprint density at radius 2 is 2.28 bits per heavy atom. The van der Waals surface area contributed by atoms with E-state index in [4.69, 9.17) is 21.4 Å². The van der Waals surface area contributed by atoms with E-state index in [1.54, 1.807) is 18.2 Å². The number of carbonyl (C=O) groups is 1. The summed E-state index contributed by atoms with van der Waals surface area (Å²) in [6.07, 6.45) is 0.864. The Labute approximate surface area is 109 Å². The third kappa shape index (κ3) is 2.38. The van der Waals surface area contributed by atoms with Gasteiger partial charge in [0, 0.05) is 5.39 Å². The van der Waals surface area contributed by atoms with Crippen molar-refractivity contribution in [2.45, 2.75) is 13.3 Å². The fourth-order valence-corrected chi connectivity index (χ4v) is 1.87. The van der Waals surface area contributed by atoms with Gasteiger partial charge in [-0.1, -0.05) is 30.7 Å². The second-order valence-electron chi connectivity index (χ2n) is 3.80. The van der Waals surface area contributed by atoms with Crippen LogP contribution in [0.1, 0.15) is 23.8 Å². The van der Waals surface area contributed by atoms with Crippen molar-refractivity contribution in [1.29, 1.82) is 0 Å². The molecule has 2 rings (SSSR count). The lowest BCUT2D eigenvalue weighted by Gasteiger charge is -2.09. The zero-order valence-corrected chi connectivity index (χ0v) is 10.6. The molecule has 0 saturated heterocycles. The Kier molecular flexibility index (Phi) is 3.67. The average Bonchev–Trinajstić information content (AvgIpc) is 2.36. The molecular weight excluding hydrogens is 254 g/mol. The Balaban J connectivity index is 2.61. The fraction of sp³-hybridized carbons (Fsp3) is 0.231. The number of halogens is 1. The monoisotopic (exact) mass is 265 g/mol. The molecule has 0 fully saturated rings. The van der Waals surface area contributed by atoms with Crippen molar-refractivity contribution in [3.05, 3.63) is 35.0 Å². The van der Waals surface area contributed by atoms with Gasteiger partial charge in [-0.15, -0.1) is 0 Å². The van der Waals surface area contributed by atoms with Gasteiger partial charge in [0.1, 0.15) is 11.3 Å². The number of fused-ring (bicyclic) bond motifs is 1. The van der Waals surface area contributed by atoms with E-state index in [0.29, 0.717) is 28.3 Å². The summed E-state index contributed by atoms with van der Waals surface area (Å²) < 4.78 is 5.54. The number of carboxylic acid groups (broad SMARTS) is 1. The van der Waals surface area contributed by atoms with Gasteiger partial charge in [-0.25, -0.2) is 9.78 Å². The third-order valence-corrected chi connectivity index (χ3v) is 2.75. The lowest BCUT2D eigenvalue weighted by Crippen LogP contribution is -2.02. The van der Waals surface area contributed by atoms with Gasteiger partial charge in [0.05, 0.1) is 11.6 Å². The molecule has 0 aliphatic rings. The topological polar surface area (TPSA) is 59.4 Å². The Bertz CT molecular complexity index is 598. The molecule has 1 N–H and O–H groups in total. The number of carboxylic acids is 1. The molecule has 0 atom stereocenters. The van der Waals surface area contributed by atoms with Crippen LogP contribution < -0.4 is 4.74 Å². The van der Waals surface area contributed by atoms with Crippen LogP contribution in [0, 0.1) is 0 Å². The smallest absolute Gasteiger partial charge is 0.354 e. The van der Waals surface area contributed by atoms with Crippen LogP contribution in [0.3, 0.4) is 0 Å². The van der Waals surface area contributed by atoms with Crippen LogP contribution >= 0.6 is 11.6 Å². The number of para-hydroxylation sites is 1. The number of aromatic nitrogens is 1. The highest BCUT2D eigenvalue weighted by Gasteiger charge is 2.12. The maximum Gasteiger partial charge on any atom is 0.354 e. The molecule has 0 radical (unpaired) electrons. The van der Waals surface area contributed by atoms with Crippen molar-refractivity contribution in [3.8, 4) is 5.75 Å². The van der Waals surface area contributed by atoms with Crippen LogP contribution in [-0.2, 0) is 0 Å². The second-order valence-corrected chi connectivity index (χ2v) is 4.20. The highest BCUT2D eigenvalue weighted by atomic mass is 35.5. The summed E-state index contributed by atoms with van der Waals surface area (Å²) in [5.74, 6) is -0.552. The van der Waals surface area contributed by atoms with E-state index in [1.165, 1.54) is 6.07 Å². The summed E-state index contributed by atoms with van der Waals surface area (Å²) in [6.45, 7) is 2.55. The molecular formula is C13H12ClNO3. The number of rotatable bonds is 4. The zero-order valence-electron chi connectivity index (χ0n) is 9.81. The summed E-state index contributed by atoms with van der Waals surface area (Å²) in [4.78, 5) is 15.0. The lowest BCUT2D eigenvalue weighted by atomic mass is 10.2. The van der Waals surface area contributed by atoms with Crippen LogP contribution in [-0.4, -0.2) is 22.7 Å². The first-order chi connectivity index (χ1) is 8.63. The molecule has 0 aliphatic heterocycles. The number of benzene rings is 1. The van der Waals surface area contributed by atoms with Gasteiger partial charge in [-0.05, 0) is 18.6 Å². The van der Waals surface area contributed by atoms with Crippen LogP contribution in [0.2, 0.25) is 5.02 Å². The van der Waals surface area contributed by atoms with E-state index in [1.807, 2.05) is 6.92 Å².